The van der Waals surface area contributed by atoms with Gasteiger partial charge in [0, 0.05) is 0 Å². The van der Waals surface area contributed by atoms with Gasteiger partial charge in [0.1, 0.15) is 0 Å². The maximum Gasteiger partial charge on any atom is -0.000884 e. The summed E-state index contributed by atoms with van der Waals surface area (Å²) < 4.78 is 0. The third-order valence-electron chi connectivity index (χ3n) is 9.50. The third kappa shape index (κ3) is 6.20. The second kappa shape index (κ2) is 13.8. The highest BCUT2D eigenvalue weighted by atomic mass is 31.1. The van der Waals surface area contributed by atoms with E-state index in [-0.39, 0.29) is 0 Å². The molecular weight excluding hydrogens is 638 g/mol. The Hall–Kier alpha value is -4.86. The predicted molar refractivity (Wildman–Crippen MR) is 223 cm³/mol. The van der Waals surface area contributed by atoms with E-state index in [1.54, 1.807) is 0 Å². The quantitative estimate of drug-likeness (QED) is 0.147. The molecular formula is C48H40P2. The lowest BCUT2D eigenvalue weighted by molar-refractivity contribution is 1.40. The Kier molecular flexibility index (Phi) is 8.93. The van der Waals surface area contributed by atoms with Crippen LogP contribution in [-0.2, 0) is 0 Å². The van der Waals surface area contributed by atoms with Gasteiger partial charge in [-0.3, -0.25) is 0 Å². The summed E-state index contributed by atoms with van der Waals surface area (Å²) >= 11 is 0. The van der Waals surface area contributed by atoms with Gasteiger partial charge in [-0.15, -0.1) is 0 Å². The van der Waals surface area contributed by atoms with Gasteiger partial charge in [0.05, 0.1) is 0 Å². The molecule has 0 N–H and O–H groups in total. The van der Waals surface area contributed by atoms with Crippen molar-refractivity contribution in [1.29, 1.82) is 0 Å². The summed E-state index contributed by atoms with van der Waals surface area (Å²) in [5.41, 5.74) is 7.95. The molecule has 0 aliphatic heterocycles. The number of aryl methyl sites for hydroxylation is 4. The molecule has 0 spiro atoms. The average Bonchev–Trinajstić information content (AvgIpc) is 3.12. The Bertz CT molecular complexity index is 2350. The monoisotopic (exact) mass is 678 g/mol. The number of rotatable bonds is 7. The number of fused-ring (bicyclic) bond motifs is 2. The van der Waals surface area contributed by atoms with Gasteiger partial charge in [0.2, 0.25) is 0 Å². The van der Waals surface area contributed by atoms with Gasteiger partial charge in [-0.25, -0.2) is 0 Å². The van der Waals surface area contributed by atoms with Gasteiger partial charge in [-0.1, -0.05) is 192 Å². The van der Waals surface area contributed by atoms with Crippen molar-refractivity contribution in [1.82, 2.24) is 0 Å². The van der Waals surface area contributed by atoms with Crippen LogP contribution in [-0.4, -0.2) is 0 Å². The van der Waals surface area contributed by atoms with Crippen LogP contribution in [0.25, 0.3) is 32.7 Å². The van der Waals surface area contributed by atoms with Gasteiger partial charge in [0.25, 0.3) is 0 Å². The summed E-state index contributed by atoms with van der Waals surface area (Å²) in [6.07, 6.45) is 0. The minimum atomic E-state index is -0.917. The van der Waals surface area contributed by atoms with Crippen LogP contribution < -0.4 is 31.8 Å². The lowest BCUT2D eigenvalue weighted by Crippen LogP contribution is -2.26. The van der Waals surface area contributed by atoms with Crippen molar-refractivity contribution in [2.24, 2.45) is 0 Å². The second-order valence-electron chi connectivity index (χ2n) is 13.4. The average molecular weight is 679 g/mol. The van der Waals surface area contributed by atoms with E-state index in [4.69, 9.17) is 0 Å². The normalized spacial score (nSPS) is 11.6. The first kappa shape index (κ1) is 32.4. The Morgan fingerprint density at radius 1 is 0.300 bits per heavy atom. The molecule has 0 unspecified atom stereocenters. The molecule has 0 aliphatic carbocycles. The van der Waals surface area contributed by atoms with Crippen LogP contribution in [0.3, 0.4) is 0 Å². The molecule has 0 heterocycles. The zero-order chi connectivity index (χ0) is 34.2. The predicted octanol–water partition coefficient (Wildman–Crippen LogP) is 10.4. The molecule has 0 saturated carbocycles. The van der Waals surface area contributed by atoms with Crippen molar-refractivity contribution in [2.75, 3.05) is 0 Å². The van der Waals surface area contributed by atoms with Gasteiger partial charge in [0.15, 0.2) is 0 Å². The van der Waals surface area contributed by atoms with E-state index in [0.29, 0.717) is 0 Å². The van der Waals surface area contributed by atoms with Crippen molar-refractivity contribution in [3.05, 3.63) is 192 Å². The molecule has 8 rings (SSSR count). The molecule has 0 radical (unpaired) electrons. The fraction of sp³-hybridized carbons (Fsp3) is 0.0833. The van der Waals surface area contributed by atoms with E-state index >= 15 is 0 Å². The lowest BCUT2D eigenvalue weighted by atomic mass is 9.93. The minimum absolute atomic E-state index is 0.873. The molecule has 8 aromatic rings. The molecule has 0 aliphatic rings. The molecule has 0 fully saturated rings. The summed E-state index contributed by atoms with van der Waals surface area (Å²) in [5, 5.41) is 13.5. The first-order valence-corrected chi connectivity index (χ1v) is 20.0. The fourth-order valence-electron chi connectivity index (χ4n) is 7.59. The van der Waals surface area contributed by atoms with Crippen LogP contribution in [0.5, 0.6) is 0 Å². The fourth-order valence-corrected chi connectivity index (χ4v) is 12.9. The summed E-state index contributed by atoms with van der Waals surface area (Å²) in [6, 6.07) is 64.2. The largest absolute Gasteiger partial charge is 0.0622 e. The van der Waals surface area contributed by atoms with Crippen molar-refractivity contribution in [2.45, 2.75) is 27.7 Å². The SMILES string of the molecule is Cc1cc(C)cc(P(c2cc(C)cc(C)c2)c2ccc3ccccc3c2-c2c(P(c3ccccc3)c3ccccc3)ccc3ccccc23)c1. The highest BCUT2D eigenvalue weighted by molar-refractivity contribution is 7.80. The van der Waals surface area contributed by atoms with Gasteiger partial charge >= 0.3 is 0 Å². The third-order valence-corrected chi connectivity index (χ3v) is 14.4. The standard InChI is InChI=1S/C48H40P2/c1-33-27-34(2)30-41(29-33)50(42-31-35(3)28-36(4)32-42)46-26-24-38-16-12-14-22-44(38)48(46)47-43-21-13-11-15-37(43)23-25-45(47)49(39-17-7-5-8-18-39)40-19-9-6-10-20-40/h5-32H,1-4H3. The lowest BCUT2D eigenvalue weighted by Gasteiger charge is -2.29. The topological polar surface area (TPSA) is 0 Å². The highest BCUT2D eigenvalue weighted by Gasteiger charge is 2.28. The maximum absolute atomic E-state index is 2.46. The van der Waals surface area contributed by atoms with Crippen molar-refractivity contribution < 1.29 is 0 Å². The minimum Gasteiger partial charge on any atom is -0.0622 e. The number of benzene rings is 8. The molecule has 242 valence electrons. The smallest absolute Gasteiger partial charge is 0.000884 e. The molecule has 0 amide bonds. The summed E-state index contributed by atoms with van der Waals surface area (Å²) in [7, 11) is -1.79. The van der Waals surface area contributed by atoms with Gasteiger partial charge in [-0.05, 0) is 108 Å². The molecule has 50 heavy (non-hydrogen) atoms. The first-order chi connectivity index (χ1) is 24.4. The zero-order valence-corrected chi connectivity index (χ0v) is 30.8. The van der Waals surface area contributed by atoms with Crippen LogP contribution in [0.15, 0.2) is 170 Å². The van der Waals surface area contributed by atoms with Crippen molar-refractivity contribution in [3.8, 4) is 11.1 Å². The summed E-state index contributed by atoms with van der Waals surface area (Å²) in [6.45, 7) is 8.95. The highest BCUT2D eigenvalue weighted by Crippen LogP contribution is 2.46. The molecule has 0 nitrogen and oxygen atoms in total. The Labute approximate surface area is 299 Å². The molecule has 8 aromatic carbocycles. The Morgan fingerprint density at radius 2 is 0.640 bits per heavy atom. The first-order valence-electron chi connectivity index (χ1n) is 17.4. The molecule has 0 aromatic heterocycles. The van der Waals surface area contributed by atoms with E-state index in [0.717, 1.165) is 0 Å². The van der Waals surface area contributed by atoms with Crippen LogP contribution >= 0.6 is 15.8 Å². The van der Waals surface area contributed by atoms with Gasteiger partial charge < -0.3 is 0 Å². The van der Waals surface area contributed by atoms with Crippen molar-refractivity contribution in [3.63, 3.8) is 0 Å². The van der Waals surface area contributed by atoms with Crippen molar-refractivity contribution >= 4 is 69.2 Å². The van der Waals surface area contributed by atoms with Crippen LogP contribution in [0, 0.1) is 27.7 Å². The number of hydrogen-bond donors (Lipinski definition) is 0. The van der Waals surface area contributed by atoms with Crippen LogP contribution in [0.2, 0.25) is 0 Å². The molecule has 0 atom stereocenters. The molecule has 0 saturated heterocycles. The van der Waals surface area contributed by atoms with Gasteiger partial charge in [-0.2, -0.15) is 0 Å². The number of hydrogen-bond acceptors (Lipinski definition) is 0. The molecule has 2 heteroatoms. The zero-order valence-electron chi connectivity index (χ0n) is 29.1. The van der Waals surface area contributed by atoms with E-state index in [1.807, 2.05) is 0 Å². The van der Waals surface area contributed by atoms with E-state index in [2.05, 4.69) is 198 Å². The Morgan fingerprint density at radius 3 is 1.04 bits per heavy atom. The second-order valence-corrected chi connectivity index (χ2v) is 17.8. The van der Waals surface area contributed by atoms with Crippen LogP contribution in [0.1, 0.15) is 22.3 Å². The van der Waals surface area contributed by atoms with Crippen LogP contribution in [0.4, 0.5) is 0 Å². The Balaban J connectivity index is 1.54. The maximum atomic E-state index is 2.46. The van der Waals surface area contributed by atoms with E-state index in [9.17, 15) is 0 Å². The van der Waals surface area contributed by atoms with E-state index < -0.39 is 15.8 Å². The van der Waals surface area contributed by atoms with E-state index in [1.165, 1.54) is 86.8 Å². The molecule has 0 bridgehead atoms. The summed E-state index contributed by atoms with van der Waals surface area (Å²) in [4.78, 5) is 0. The summed E-state index contributed by atoms with van der Waals surface area (Å²) in [5.74, 6) is 0.